The molecule has 0 spiro atoms. The Balaban J connectivity index is 1.78. The van der Waals surface area contributed by atoms with Gasteiger partial charge in [-0.25, -0.2) is 0 Å². The SMILES string of the molecule is Cc1ccc2[nH]c(=O)c(CC(C#N)NC(=O)[C@@H]3C[C@@H](C(C)C)CN3C(=O)CC(C)(C)C)cc2c1. The highest BCUT2D eigenvalue weighted by Gasteiger charge is 2.41. The van der Waals surface area contributed by atoms with Crippen molar-refractivity contribution in [2.75, 3.05) is 6.54 Å². The molecule has 1 fully saturated rings. The van der Waals surface area contributed by atoms with Crippen LogP contribution < -0.4 is 10.9 Å². The topological polar surface area (TPSA) is 106 Å². The fourth-order valence-corrected chi connectivity index (χ4v) is 4.57. The maximum atomic E-state index is 13.3. The van der Waals surface area contributed by atoms with Crippen molar-refractivity contribution in [3.8, 4) is 6.07 Å². The summed E-state index contributed by atoms with van der Waals surface area (Å²) < 4.78 is 0. The van der Waals surface area contributed by atoms with E-state index in [0.29, 0.717) is 30.9 Å². The number of pyridine rings is 1. The average Bonchev–Trinajstić information content (AvgIpc) is 3.19. The quantitative estimate of drug-likeness (QED) is 0.680. The van der Waals surface area contributed by atoms with Crippen molar-refractivity contribution in [1.29, 1.82) is 5.26 Å². The zero-order chi connectivity index (χ0) is 25.2. The molecular weight excluding hydrogens is 428 g/mol. The predicted molar refractivity (Wildman–Crippen MR) is 133 cm³/mol. The molecule has 2 amide bonds. The Hall–Kier alpha value is -3.14. The summed E-state index contributed by atoms with van der Waals surface area (Å²) in [5.74, 6) is 0.205. The number of benzene rings is 1. The molecule has 1 aliphatic heterocycles. The van der Waals surface area contributed by atoms with Gasteiger partial charge in [-0.3, -0.25) is 14.4 Å². The lowest BCUT2D eigenvalue weighted by atomic mass is 9.91. The van der Waals surface area contributed by atoms with E-state index in [9.17, 15) is 19.6 Å². The minimum atomic E-state index is -0.867. The second kappa shape index (κ2) is 10.0. The van der Waals surface area contributed by atoms with Gasteiger partial charge >= 0.3 is 0 Å². The number of aromatic nitrogens is 1. The Bertz CT molecular complexity index is 1170. The molecule has 3 atom stereocenters. The Labute approximate surface area is 201 Å². The number of nitriles is 1. The summed E-state index contributed by atoms with van der Waals surface area (Å²) in [6, 6.07) is 8.18. The van der Waals surface area contributed by atoms with Crippen molar-refractivity contribution in [3.05, 3.63) is 45.7 Å². The second-order valence-electron chi connectivity index (χ2n) is 11.1. The van der Waals surface area contributed by atoms with Crippen molar-refractivity contribution < 1.29 is 9.59 Å². The molecule has 34 heavy (non-hydrogen) atoms. The number of nitrogens with one attached hydrogen (secondary N) is 2. The van der Waals surface area contributed by atoms with Gasteiger partial charge in [-0.15, -0.1) is 0 Å². The molecule has 2 heterocycles. The number of likely N-dealkylation sites (tertiary alicyclic amines) is 1. The molecule has 7 heteroatoms. The Morgan fingerprint density at radius 1 is 1.26 bits per heavy atom. The molecule has 3 rings (SSSR count). The van der Waals surface area contributed by atoms with Gasteiger partial charge in [-0.05, 0) is 54.2 Å². The van der Waals surface area contributed by atoms with Crippen LogP contribution in [0, 0.1) is 35.5 Å². The molecule has 0 saturated carbocycles. The van der Waals surface area contributed by atoms with E-state index < -0.39 is 12.1 Å². The summed E-state index contributed by atoms with van der Waals surface area (Å²) in [6.07, 6.45) is 1.03. The van der Waals surface area contributed by atoms with Crippen LogP contribution in [0.1, 0.15) is 58.6 Å². The van der Waals surface area contributed by atoms with Crippen molar-refractivity contribution in [2.45, 2.75) is 72.9 Å². The Morgan fingerprint density at radius 3 is 2.59 bits per heavy atom. The first-order chi connectivity index (χ1) is 15.9. The molecule has 1 aromatic carbocycles. The lowest BCUT2D eigenvalue weighted by Crippen LogP contribution is -2.49. The number of hydrogen-bond acceptors (Lipinski definition) is 4. The fraction of sp³-hybridized carbons (Fsp3) is 0.556. The summed E-state index contributed by atoms with van der Waals surface area (Å²) in [5.41, 5.74) is 1.79. The number of amides is 2. The van der Waals surface area contributed by atoms with Gasteiger partial charge in [0.1, 0.15) is 12.1 Å². The molecule has 0 radical (unpaired) electrons. The van der Waals surface area contributed by atoms with Crippen LogP contribution in [0.5, 0.6) is 0 Å². The monoisotopic (exact) mass is 464 g/mol. The lowest BCUT2D eigenvalue weighted by Gasteiger charge is -2.28. The highest BCUT2D eigenvalue weighted by molar-refractivity contribution is 5.89. The molecule has 1 aromatic heterocycles. The number of H-pyrrole nitrogens is 1. The smallest absolute Gasteiger partial charge is 0.251 e. The van der Waals surface area contributed by atoms with E-state index in [1.54, 1.807) is 11.0 Å². The Kier molecular flexibility index (Phi) is 7.50. The largest absolute Gasteiger partial charge is 0.338 e. The molecule has 1 unspecified atom stereocenters. The normalized spacial score (nSPS) is 19.3. The van der Waals surface area contributed by atoms with E-state index in [1.807, 2.05) is 45.9 Å². The van der Waals surface area contributed by atoms with Crippen molar-refractivity contribution in [3.63, 3.8) is 0 Å². The number of nitrogens with zero attached hydrogens (tertiary/aromatic N) is 2. The van der Waals surface area contributed by atoms with Gasteiger partial charge in [0, 0.05) is 30.5 Å². The first kappa shape index (κ1) is 25.5. The fourth-order valence-electron chi connectivity index (χ4n) is 4.57. The maximum Gasteiger partial charge on any atom is 0.251 e. The van der Waals surface area contributed by atoms with Gasteiger partial charge in [0.25, 0.3) is 5.56 Å². The third kappa shape index (κ3) is 6.05. The molecule has 2 N–H and O–H groups in total. The molecule has 0 bridgehead atoms. The lowest BCUT2D eigenvalue weighted by molar-refractivity contribution is -0.140. The third-order valence-electron chi connectivity index (χ3n) is 6.55. The van der Waals surface area contributed by atoms with Gasteiger partial charge in [-0.2, -0.15) is 5.26 Å². The minimum absolute atomic E-state index is 0.0364. The summed E-state index contributed by atoms with van der Waals surface area (Å²) in [6.45, 7) is 12.7. The zero-order valence-electron chi connectivity index (χ0n) is 21.1. The van der Waals surface area contributed by atoms with E-state index in [1.165, 1.54) is 0 Å². The minimum Gasteiger partial charge on any atom is -0.338 e. The van der Waals surface area contributed by atoms with E-state index >= 15 is 0 Å². The number of rotatable bonds is 6. The van der Waals surface area contributed by atoms with Crippen molar-refractivity contribution >= 4 is 22.7 Å². The second-order valence-corrected chi connectivity index (χ2v) is 11.1. The van der Waals surface area contributed by atoms with E-state index in [2.05, 4.69) is 30.2 Å². The standard InChI is InChI=1S/C27H36N4O3/c1-16(2)20-12-23(31(15-20)24(32)13-27(4,5)6)26(34)29-21(14-28)11-19-10-18-9-17(3)7-8-22(18)30-25(19)33/h7-10,16,20-21,23H,11-13,15H2,1-6H3,(H,29,34)(H,30,33)/t20-,21?,23+/m1/s1. The number of hydrogen-bond donors (Lipinski definition) is 2. The van der Waals surface area contributed by atoms with E-state index in [0.717, 1.165) is 16.5 Å². The highest BCUT2D eigenvalue weighted by atomic mass is 16.2. The highest BCUT2D eigenvalue weighted by Crippen LogP contribution is 2.31. The number of carbonyl (C=O) groups excluding carboxylic acids is 2. The first-order valence-corrected chi connectivity index (χ1v) is 12.0. The number of carbonyl (C=O) groups is 2. The Morgan fingerprint density at radius 2 is 1.97 bits per heavy atom. The van der Waals surface area contributed by atoms with Crippen molar-refractivity contribution in [2.24, 2.45) is 17.3 Å². The first-order valence-electron chi connectivity index (χ1n) is 12.0. The zero-order valence-corrected chi connectivity index (χ0v) is 21.1. The van der Waals surface area contributed by atoms with Gasteiger partial charge < -0.3 is 15.2 Å². The van der Waals surface area contributed by atoms with Crippen LogP contribution in [0.3, 0.4) is 0 Å². The van der Waals surface area contributed by atoms with E-state index in [4.69, 9.17) is 0 Å². The number of fused-ring (bicyclic) bond motifs is 1. The average molecular weight is 465 g/mol. The van der Waals surface area contributed by atoms with Gasteiger partial charge in [0.15, 0.2) is 0 Å². The summed E-state index contributed by atoms with van der Waals surface area (Å²) in [7, 11) is 0. The summed E-state index contributed by atoms with van der Waals surface area (Å²) in [5, 5.41) is 13.4. The van der Waals surface area contributed by atoms with Crippen LogP contribution in [0.4, 0.5) is 0 Å². The predicted octanol–water partition coefficient (Wildman–Crippen LogP) is 3.70. The molecule has 2 aromatic rings. The van der Waals surface area contributed by atoms with Crippen LogP contribution in [-0.4, -0.2) is 40.3 Å². The maximum absolute atomic E-state index is 13.3. The number of aryl methyl sites for hydroxylation is 1. The van der Waals surface area contributed by atoms with Crippen molar-refractivity contribution in [1.82, 2.24) is 15.2 Å². The molecule has 182 valence electrons. The number of aromatic amines is 1. The van der Waals surface area contributed by atoms with Crippen LogP contribution in [0.15, 0.2) is 29.1 Å². The molecular formula is C27H36N4O3. The van der Waals surface area contributed by atoms with Gasteiger partial charge in [0.2, 0.25) is 11.8 Å². The molecule has 7 nitrogen and oxygen atoms in total. The van der Waals surface area contributed by atoms with Crippen LogP contribution in [0.25, 0.3) is 10.9 Å². The van der Waals surface area contributed by atoms with Gasteiger partial charge in [0.05, 0.1) is 6.07 Å². The van der Waals surface area contributed by atoms with E-state index in [-0.39, 0.29) is 35.1 Å². The summed E-state index contributed by atoms with van der Waals surface area (Å²) >= 11 is 0. The van der Waals surface area contributed by atoms with Crippen LogP contribution >= 0.6 is 0 Å². The third-order valence-corrected chi connectivity index (χ3v) is 6.55. The molecule has 1 aliphatic rings. The van der Waals surface area contributed by atoms with Crippen LogP contribution in [-0.2, 0) is 16.0 Å². The summed E-state index contributed by atoms with van der Waals surface area (Å²) in [4.78, 5) is 43.4. The van der Waals surface area contributed by atoms with Crippen LogP contribution in [0.2, 0.25) is 0 Å². The van der Waals surface area contributed by atoms with Gasteiger partial charge in [-0.1, -0.05) is 46.2 Å². The molecule has 0 aliphatic carbocycles. The molecule has 1 saturated heterocycles.